The molecular weight excluding hydrogens is 224 g/mol. The summed E-state index contributed by atoms with van der Waals surface area (Å²) in [5.74, 6) is -0.398. The summed E-state index contributed by atoms with van der Waals surface area (Å²) in [4.78, 5) is 10.6. The Kier molecular flexibility index (Phi) is 3.04. The number of aromatic nitrogens is 2. The van der Waals surface area contributed by atoms with Gasteiger partial charge in [-0.05, 0) is 31.2 Å². The second kappa shape index (κ2) is 4.65. The lowest BCUT2D eigenvalue weighted by Gasteiger charge is -2.03. The second-order valence-corrected chi connectivity index (χ2v) is 3.41. The summed E-state index contributed by atoms with van der Waals surface area (Å²) in [6, 6.07) is 6.13. The van der Waals surface area contributed by atoms with Crippen molar-refractivity contribution in [3.8, 4) is 5.75 Å². The van der Waals surface area contributed by atoms with Crippen LogP contribution in [-0.2, 0) is 6.61 Å². The normalized spacial score (nSPS) is 10.2. The Morgan fingerprint density at radius 3 is 2.59 bits per heavy atom. The van der Waals surface area contributed by atoms with Gasteiger partial charge in [0.05, 0.1) is 5.56 Å². The fraction of sp³-hybridized carbons (Fsp3) is 0.182. The molecule has 1 aromatic carbocycles. The Labute approximate surface area is 96.8 Å². The van der Waals surface area contributed by atoms with Crippen LogP contribution >= 0.6 is 0 Å². The number of carbonyl (C=O) groups is 1. The largest absolute Gasteiger partial charge is 0.487 e. The van der Waals surface area contributed by atoms with E-state index in [0.717, 1.165) is 0 Å². The number of ether oxygens (including phenoxy) is 1. The molecule has 2 aromatic rings. The molecule has 0 fully saturated rings. The molecule has 0 aliphatic heterocycles. The summed E-state index contributed by atoms with van der Waals surface area (Å²) in [6.07, 6.45) is 0. The summed E-state index contributed by atoms with van der Waals surface area (Å²) in [5, 5.41) is 16.0. The molecule has 2 rings (SSSR count). The molecule has 0 spiro atoms. The van der Waals surface area contributed by atoms with Crippen LogP contribution < -0.4 is 4.74 Å². The molecule has 0 aliphatic rings. The van der Waals surface area contributed by atoms with Gasteiger partial charge in [-0.2, -0.15) is 0 Å². The number of carboxylic acid groups (broad SMARTS) is 1. The molecule has 0 aliphatic carbocycles. The first-order valence-electron chi connectivity index (χ1n) is 4.91. The van der Waals surface area contributed by atoms with E-state index in [0.29, 0.717) is 17.1 Å². The standard InChI is InChI=1S/C11H10N2O4/c1-7-10(13-17-12-7)6-16-9-4-2-8(3-5-9)11(14)15/h2-5H,6H2,1H3,(H,14,15). The van der Waals surface area contributed by atoms with Crippen LogP contribution in [0.3, 0.4) is 0 Å². The van der Waals surface area contributed by atoms with Crippen molar-refractivity contribution < 1.29 is 19.3 Å². The van der Waals surface area contributed by atoms with Gasteiger partial charge in [0.15, 0.2) is 0 Å². The van der Waals surface area contributed by atoms with E-state index in [2.05, 4.69) is 14.9 Å². The van der Waals surface area contributed by atoms with Gasteiger partial charge in [-0.1, -0.05) is 10.3 Å². The number of hydrogen-bond donors (Lipinski definition) is 1. The smallest absolute Gasteiger partial charge is 0.335 e. The van der Waals surface area contributed by atoms with Crippen molar-refractivity contribution in [2.75, 3.05) is 0 Å². The van der Waals surface area contributed by atoms with Crippen molar-refractivity contribution >= 4 is 5.97 Å². The van der Waals surface area contributed by atoms with Crippen molar-refractivity contribution in [3.63, 3.8) is 0 Å². The van der Waals surface area contributed by atoms with Crippen LogP contribution in [0.4, 0.5) is 0 Å². The number of aryl methyl sites for hydroxylation is 1. The van der Waals surface area contributed by atoms with Gasteiger partial charge in [-0.3, -0.25) is 0 Å². The van der Waals surface area contributed by atoms with Gasteiger partial charge in [-0.15, -0.1) is 0 Å². The molecule has 88 valence electrons. The highest BCUT2D eigenvalue weighted by molar-refractivity contribution is 5.87. The zero-order valence-electron chi connectivity index (χ0n) is 9.08. The maximum atomic E-state index is 10.6. The Bertz CT molecular complexity index is 519. The predicted octanol–water partition coefficient (Wildman–Crippen LogP) is 1.66. The third kappa shape index (κ3) is 2.60. The number of aromatic carboxylic acids is 1. The molecule has 0 amide bonds. The summed E-state index contributed by atoms with van der Waals surface area (Å²) < 4.78 is 9.94. The minimum atomic E-state index is -0.965. The molecular formula is C11H10N2O4. The minimum absolute atomic E-state index is 0.219. The van der Waals surface area contributed by atoms with Crippen LogP contribution in [0.2, 0.25) is 0 Å². The molecule has 0 atom stereocenters. The predicted molar refractivity (Wildman–Crippen MR) is 56.8 cm³/mol. The zero-order chi connectivity index (χ0) is 12.3. The summed E-state index contributed by atoms with van der Waals surface area (Å²) >= 11 is 0. The Morgan fingerprint density at radius 2 is 2.06 bits per heavy atom. The molecule has 6 heteroatoms. The third-order valence-electron chi connectivity index (χ3n) is 2.22. The van der Waals surface area contributed by atoms with Crippen molar-refractivity contribution in [2.45, 2.75) is 13.5 Å². The van der Waals surface area contributed by atoms with E-state index in [1.807, 2.05) is 0 Å². The zero-order valence-corrected chi connectivity index (χ0v) is 9.08. The lowest BCUT2D eigenvalue weighted by atomic mass is 10.2. The maximum absolute atomic E-state index is 10.6. The molecule has 6 nitrogen and oxygen atoms in total. The lowest BCUT2D eigenvalue weighted by Crippen LogP contribution is -1.99. The molecule has 17 heavy (non-hydrogen) atoms. The fourth-order valence-electron chi connectivity index (χ4n) is 1.23. The van der Waals surface area contributed by atoms with E-state index in [1.54, 1.807) is 19.1 Å². The summed E-state index contributed by atoms with van der Waals surface area (Å²) in [5.41, 5.74) is 1.51. The van der Waals surface area contributed by atoms with Gasteiger partial charge >= 0.3 is 5.97 Å². The van der Waals surface area contributed by atoms with E-state index in [9.17, 15) is 4.79 Å². The van der Waals surface area contributed by atoms with Gasteiger partial charge in [-0.25, -0.2) is 9.42 Å². The van der Waals surface area contributed by atoms with E-state index in [1.165, 1.54) is 12.1 Å². The molecule has 1 heterocycles. The SMILES string of the molecule is Cc1nonc1COc1ccc(C(=O)O)cc1. The van der Waals surface area contributed by atoms with Crippen molar-refractivity contribution in [3.05, 3.63) is 41.2 Å². The number of benzene rings is 1. The second-order valence-electron chi connectivity index (χ2n) is 3.41. The minimum Gasteiger partial charge on any atom is -0.487 e. The van der Waals surface area contributed by atoms with Crippen molar-refractivity contribution in [1.29, 1.82) is 0 Å². The molecule has 0 unspecified atom stereocenters. The topological polar surface area (TPSA) is 85.5 Å². The number of hydrogen-bond acceptors (Lipinski definition) is 5. The molecule has 0 bridgehead atoms. The lowest BCUT2D eigenvalue weighted by molar-refractivity contribution is 0.0697. The van der Waals surface area contributed by atoms with Gasteiger partial charge in [0.1, 0.15) is 23.7 Å². The van der Waals surface area contributed by atoms with E-state index < -0.39 is 5.97 Å². The van der Waals surface area contributed by atoms with Crippen LogP contribution in [-0.4, -0.2) is 21.4 Å². The average Bonchev–Trinajstić information content (AvgIpc) is 2.73. The van der Waals surface area contributed by atoms with Gasteiger partial charge < -0.3 is 9.84 Å². The average molecular weight is 234 g/mol. The van der Waals surface area contributed by atoms with Gasteiger partial charge in [0.25, 0.3) is 0 Å². The first-order valence-corrected chi connectivity index (χ1v) is 4.91. The summed E-state index contributed by atoms with van der Waals surface area (Å²) in [6.45, 7) is 2.00. The Morgan fingerprint density at radius 1 is 1.35 bits per heavy atom. The highest BCUT2D eigenvalue weighted by atomic mass is 16.6. The third-order valence-corrected chi connectivity index (χ3v) is 2.22. The van der Waals surface area contributed by atoms with Crippen molar-refractivity contribution in [2.24, 2.45) is 0 Å². The van der Waals surface area contributed by atoms with Crippen LogP contribution in [0, 0.1) is 6.92 Å². The number of rotatable bonds is 4. The first-order chi connectivity index (χ1) is 8.16. The van der Waals surface area contributed by atoms with Gasteiger partial charge in [0, 0.05) is 0 Å². The van der Waals surface area contributed by atoms with Gasteiger partial charge in [0.2, 0.25) is 0 Å². The van der Waals surface area contributed by atoms with Crippen LogP contribution in [0.15, 0.2) is 28.9 Å². The molecule has 1 N–H and O–H groups in total. The molecule has 1 aromatic heterocycles. The van der Waals surface area contributed by atoms with E-state index in [-0.39, 0.29) is 12.2 Å². The molecule has 0 saturated carbocycles. The molecule has 0 saturated heterocycles. The first kappa shape index (κ1) is 11.1. The monoisotopic (exact) mass is 234 g/mol. The fourth-order valence-corrected chi connectivity index (χ4v) is 1.23. The maximum Gasteiger partial charge on any atom is 0.335 e. The van der Waals surface area contributed by atoms with Crippen LogP contribution in [0.5, 0.6) is 5.75 Å². The Hall–Kier alpha value is -2.37. The quantitative estimate of drug-likeness (QED) is 0.865. The highest BCUT2D eigenvalue weighted by Gasteiger charge is 2.06. The van der Waals surface area contributed by atoms with Crippen LogP contribution in [0.1, 0.15) is 21.7 Å². The van der Waals surface area contributed by atoms with E-state index in [4.69, 9.17) is 9.84 Å². The number of nitrogens with zero attached hydrogens (tertiary/aromatic N) is 2. The van der Waals surface area contributed by atoms with Crippen LogP contribution in [0.25, 0.3) is 0 Å². The van der Waals surface area contributed by atoms with Crippen molar-refractivity contribution in [1.82, 2.24) is 10.3 Å². The summed E-state index contributed by atoms with van der Waals surface area (Å²) in [7, 11) is 0. The van der Waals surface area contributed by atoms with E-state index >= 15 is 0 Å². The highest BCUT2D eigenvalue weighted by Crippen LogP contribution is 2.14. The molecule has 0 radical (unpaired) electrons. The number of carboxylic acids is 1. The Balaban J connectivity index is 2.00.